The molecular weight excluding hydrogens is 470 g/mol. The summed E-state index contributed by atoms with van der Waals surface area (Å²) >= 11 is 0. The quantitative estimate of drug-likeness (QED) is 0.318. The zero-order valence-corrected chi connectivity index (χ0v) is 20.7. The minimum absolute atomic E-state index is 0.197. The Morgan fingerprint density at radius 2 is 1.55 bits per heavy atom. The van der Waals surface area contributed by atoms with Crippen molar-refractivity contribution in [1.29, 1.82) is 5.26 Å². The zero-order valence-electron chi connectivity index (χ0n) is 20.7. The molecule has 1 aliphatic rings. The summed E-state index contributed by atoms with van der Waals surface area (Å²) in [7, 11) is 0. The van der Waals surface area contributed by atoms with Crippen LogP contribution in [0, 0.1) is 11.3 Å². The summed E-state index contributed by atoms with van der Waals surface area (Å²) < 4.78 is 3.83. The molecule has 0 amide bonds. The van der Waals surface area contributed by atoms with Crippen LogP contribution in [-0.4, -0.2) is 30.8 Å². The third kappa shape index (κ3) is 4.04. The van der Waals surface area contributed by atoms with E-state index in [4.69, 9.17) is 10.8 Å². The van der Waals surface area contributed by atoms with E-state index in [1.807, 2.05) is 89.1 Å². The molecular formula is C31H24N7+. The highest BCUT2D eigenvalue weighted by molar-refractivity contribution is 6.12. The molecule has 1 atom stereocenters. The number of hydrogen-bond donors (Lipinski definition) is 1. The molecule has 0 bridgehead atoms. The van der Waals surface area contributed by atoms with Gasteiger partial charge >= 0.3 is 5.84 Å². The van der Waals surface area contributed by atoms with Gasteiger partial charge in [0.2, 0.25) is 0 Å². The first kappa shape index (κ1) is 23.1. The van der Waals surface area contributed by atoms with Gasteiger partial charge in [0.25, 0.3) is 0 Å². The van der Waals surface area contributed by atoms with Crippen LogP contribution in [0.1, 0.15) is 24.0 Å². The van der Waals surface area contributed by atoms with E-state index in [1.165, 1.54) is 0 Å². The Morgan fingerprint density at radius 1 is 0.895 bits per heavy atom. The molecule has 182 valence electrons. The van der Waals surface area contributed by atoms with Crippen molar-refractivity contribution in [2.75, 3.05) is 5.73 Å². The SMILES string of the molecule is CC1=N[N+](c2ccccc2)=C(n2ccnc2)C1c1cc(-c2ccc(-c3ccccc3)cc2)nc(N)c1C#N. The van der Waals surface area contributed by atoms with Gasteiger partial charge in [-0.1, -0.05) is 77.9 Å². The second kappa shape index (κ2) is 9.60. The Labute approximate surface area is 220 Å². The van der Waals surface area contributed by atoms with Crippen LogP contribution in [0.2, 0.25) is 0 Å². The number of pyridine rings is 1. The molecule has 3 aromatic carbocycles. The maximum absolute atomic E-state index is 10.1. The van der Waals surface area contributed by atoms with Crippen molar-refractivity contribution in [3.63, 3.8) is 0 Å². The van der Waals surface area contributed by atoms with Crippen LogP contribution < -0.4 is 5.73 Å². The van der Waals surface area contributed by atoms with Crippen molar-refractivity contribution in [2.24, 2.45) is 5.10 Å². The first-order chi connectivity index (χ1) is 18.6. The summed E-state index contributed by atoms with van der Waals surface area (Å²) in [6, 6.07) is 32.6. The number of para-hydroxylation sites is 1. The molecule has 6 rings (SSSR count). The molecule has 7 nitrogen and oxygen atoms in total. The molecule has 1 aliphatic heterocycles. The van der Waals surface area contributed by atoms with Gasteiger partial charge in [-0.3, -0.25) is 0 Å². The van der Waals surface area contributed by atoms with E-state index in [0.717, 1.165) is 39.5 Å². The third-order valence-electron chi connectivity index (χ3n) is 6.71. The molecule has 0 saturated carbocycles. The van der Waals surface area contributed by atoms with Crippen molar-refractivity contribution >= 4 is 23.1 Å². The predicted octanol–water partition coefficient (Wildman–Crippen LogP) is 5.83. The van der Waals surface area contributed by atoms with Gasteiger partial charge in [-0.15, -0.1) is 4.68 Å². The summed E-state index contributed by atoms with van der Waals surface area (Å²) in [6.45, 7) is 1.97. The summed E-state index contributed by atoms with van der Waals surface area (Å²) in [5, 5.41) is 15.0. The van der Waals surface area contributed by atoms with Crippen LogP contribution in [-0.2, 0) is 0 Å². The van der Waals surface area contributed by atoms with Crippen molar-refractivity contribution in [3.8, 4) is 28.5 Å². The number of aromatic nitrogens is 3. The number of hydrazone groups is 1. The highest BCUT2D eigenvalue weighted by atomic mass is 15.4. The van der Waals surface area contributed by atoms with Crippen molar-refractivity contribution in [1.82, 2.24) is 14.5 Å². The van der Waals surface area contributed by atoms with Crippen LogP contribution in [0.5, 0.6) is 0 Å². The van der Waals surface area contributed by atoms with E-state index in [1.54, 1.807) is 12.5 Å². The molecule has 5 aromatic rings. The van der Waals surface area contributed by atoms with Crippen LogP contribution in [0.15, 0.2) is 115 Å². The fourth-order valence-corrected chi connectivity index (χ4v) is 4.90. The largest absolute Gasteiger partial charge is 0.383 e. The summed E-state index contributed by atoms with van der Waals surface area (Å²) in [5.41, 5.74) is 13.1. The number of imidazole rings is 1. The van der Waals surface area contributed by atoms with Gasteiger partial charge in [-0.05, 0) is 41.8 Å². The van der Waals surface area contributed by atoms with Crippen LogP contribution in [0.3, 0.4) is 0 Å². The number of anilines is 1. The molecule has 0 fully saturated rings. The first-order valence-corrected chi connectivity index (χ1v) is 12.3. The Kier molecular flexibility index (Phi) is 5.83. The Balaban J connectivity index is 1.50. The summed E-state index contributed by atoms with van der Waals surface area (Å²) in [5.74, 6) is 0.716. The second-order valence-electron chi connectivity index (χ2n) is 9.06. The highest BCUT2D eigenvalue weighted by Gasteiger charge is 2.40. The third-order valence-corrected chi connectivity index (χ3v) is 6.71. The van der Waals surface area contributed by atoms with Crippen molar-refractivity contribution in [2.45, 2.75) is 12.8 Å². The Bertz CT molecular complexity index is 1710. The average molecular weight is 495 g/mol. The van der Waals surface area contributed by atoms with E-state index < -0.39 is 0 Å². The fraction of sp³-hybridized carbons (Fsp3) is 0.0645. The van der Waals surface area contributed by atoms with Gasteiger partial charge in [0, 0.05) is 5.56 Å². The minimum atomic E-state index is -0.327. The number of nitrogens with zero attached hydrogens (tertiary/aromatic N) is 6. The van der Waals surface area contributed by atoms with E-state index in [-0.39, 0.29) is 11.7 Å². The molecule has 2 N–H and O–H groups in total. The van der Waals surface area contributed by atoms with Crippen LogP contribution >= 0.6 is 0 Å². The average Bonchev–Trinajstić information content (AvgIpc) is 3.61. The van der Waals surface area contributed by atoms with Crippen molar-refractivity contribution < 1.29 is 4.68 Å². The second-order valence-corrected chi connectivity index (χ2v) is 9.06. The van der Waals surface area contributed by atoms with Crippen LogP contribution in [0.4, 0.5) is 11.5 Å². The summed E-state index contributed by atoms with van der Waals surface area (Å²) in [6.07, 6.45) is 5.35. The zero-order chi connectivity index (χ0) is 26.1. The predicted molar refractivity (Wildman–Crippen MR) is 149 cm³/mol. The Hall–Kier alpha value is -5.35. The van der Waals surface area contributed by atoms with E-state index in [2.05, 4.69) is 40.3 Å². The number of nitrogen functional groups attached to an aromatic ring is 1. The van der Waals surface area contributed by atoms with E-state index in [9.17, 15) is 5.26 Å². The summed E-state index contributed by atoms with van der Waals surface area (Å²) in [4.78, 5) is 8.88. The topological polar surface area (TPSA) is 95.9 Å². The van der Waals surface area contributed by atoms with Gasteiger partial charge < -0.3 is 5.73 Å². The monoisotopic (exact) mass is 494 g/mol. The van der Waals surface area contributed by atoms with Crippen LogP contribution in [0.25, 0.3) is 22.4 Å². The molecule has 1 unspecified atom stereocenters. The molecule has 0 aliphatic carbocycles. The number of nitrogens with two attached hydrogens (primary N) is 1. The van der Waals surface area contributed by atoms with Gasteiger partial charge in [0.05, 0.1) is 23.2 Å². The van der Waals surface area contributed by atoms with Crippen molar-refractivity contribution in [3.05, 3.63) is 121 Å². The number of nitriles is 1. The fourth-order valence-electron chi connectivity index (χ4n) is 4.90. The lowest BCUT2D eigenvalue weighted by atomic mass is 9.89. The lowest BCUT2D eigenvalue weighted by Crippen LogP contribution is -2.27. The number of hydrogen-bond acceptors (Lipinski definition) is 5. The highest BCUT2D eigenvalue weighted by Crippen LogP contribution is 2.35. The van der Waals surface area contributed by atoms with Gasteiger partial charge in [-0.25, -0.2) is 9.97 Å². The maximum atomic E-state index is 10.1. The first-order valence-electron chi connectivity index (χ1n) is 12.3. The molecule has 38 heavy (non-hydrogen) atoms. The molecule has 3 heterocycles. The van der Waals surface area contributed by atoms with Gasteiger partial charge in [0.15, 0.2) is 12.0 Å². The minimum Gasteiger partial charge on any atom is -0.383 e. The normalized spacial score (nSPS) is 14.8. The lowest BCUT2D eigenvalue weighted by molar-refractivity contribution is -0.444. The smallest absolute Gasteiger partial charge is 0.301 e. The molecule has 7 heteroatoms. The standard InChI is InChI=1S/C31H24N7/c1-21-29(31(37-17-16-34-20-37)38(36-21)25-10-6-3-7-11-25)26-18-28(35-30(33)27(26)19-32)24-14-12-23(13-15-24)22-8-4-2-5-9-22/h2-18,20,29H,1H3,(H2,33,35)/q+1. The van der Waals surface area contributed by atoms with E-state index >= 15 is 0 Å². The molecule has 0 spiro atoms. The van der Waals surface area contributed by atoms with Gasteiger partial charge in [-0.2, -0.15) is 9.83 Å². The maximum Gasteiger partial charge on any atom is 0.301 e. The van der Waals surface area contributed by atoms with Gasteiger partial charge in [0.1, 0.15) is 24.0 Å². The number of rotatable bonds is 4. The van der Waals surface area contributed by atoms with E-state index in [0.29, 0.717) is 11.3 Å². The molecule has 2 aromatic heterocycles. The Morgan fingerprint density at radius 3 is 2.21 bits per heavy atom. The molecule has 0 radical (unpaired) electrons. The number of benzene rings is 3. The molecule has 0 saturated heterocycles. The lowest BCUT2D eigenvalue weighted by Gasteiger charge is -2.15.